The Bertz CT molecular complexity index is 716. The fourth-order valence-electron chi connectivity index (χ4n) is 2.03. The average Bonchev–Trinajstić information content (AvgIpc) is 2.70. The van der Waals surface area contributed by atoms with Crippen LogP contribution in [0.5, 0.6) is 0 Å². The summed E-state index contributed by atoms with van der Waals surface area (Å²) in [6.07, 6.45) is 1.91. The number of imidazole rings is 1. The lowest BCUT2D eigenvalue weighted by molar-refractivity contribution is 0.628. The van der Waals surface area contributed by atoms with E-state index in [9.17, 15) is 4.39 Å². The lowest BCUT2D eigenvalue weighted by atomic mass is 10.1. The molecule has 0 unspecified atom stereocenters. The van der Waals surface area contributed by atoms with Crippen molar-refractivity contribution in [1.82, 2.24) is 9.38 Å². The SMILES string of the molecule is Cc1c(-c2ccc(F)cc2)nc2c(Cl)cccn12. The molecule has 0 fully saturated rings. The van der Waals surface area contributed by atoms with E-state index >= 15 is 0 Å². The van der Waals surface area contributed by atoms with Crippen LogP contribution in [0.3, 0.4) is 0 Å². The van der Waals surface area contributed by atoms with Crippen LogP contribution in [0.2, 0.25) is 5.02 Å². The molecule has 0 bridgehead atoms. The molecule has 0 aliphatic rings. The standard InChI is InChI=1S/C14H10ClFN2/c1-9-13(10-4-6-11(16)7-5-10)17-14-12(15)3-2-8-18(9)14/h2-8H,1H3. The summed E-state index contributed by atoms with van der Waals surface area (Å²) in [7, 11) is 0. The van der Waals surface area contributed by atoms with Gasteiger partial charge in [-0.25, -0.2) is 9.37 Å². The fourth-order valence-corrected chi connectivity index (χ4v) is 2.24. The highest BCUT2D eigenvalue weighted by Crippen LogP contribution is 2.26. The zero-order valence-corrected chi connectivity index (χ0v) is 10.4. The Labute approximate surface area is 109 Å². The highest BCUT2D eigenvalue weighted by atomic mass is 35.5. The summed E-state index contributed by atoms with van der Waals surface area (Å²) in [6.45, 7) is 1.97. The maximum Gasteiger partial charge on any atom is 0.156 e. The molecule has 0 atom stereocenters. The molecule has 0 aliphatic carbocycles. The van der Waals surface area contributed by atoms with Crippen LogP contribution in [-0.2, 0) is 0 Å². The number of aryl methyl sites for hydroxylation is 1. The number of benzene rings is 1. The van der Waals surface area contributed by atoms with Gasteiger partial charge in [-0.05, 0) is 43.3 Å². The molecule has 0 spiro atoms. The summed E-state index contributed by atoms with van der Waals surface area (Å²) in [5.74, 6) is -0.252. The molecule has 4 heteroatoms. The third-order valence-corrected chi connectivity index (χ3v) is 3.25. The smallest absolute Gasteiger partial charge is 0.156 e. The third-order valence-electron chi connectivity index (χ3n) is 2.96. The van der Waals surface area contributed by atoms with Crippen molar-refractivity contribution in [2.45, 2.75) is 6.92 Å². The van der Waals surface area contributed by atoms with Crippen LogP contribution in [0.15, 0.2) is 42.6 Å². The molecule has 1 aromatic carbocycles. The molecule has 0 N–H and O–H groups in total. The van der Waals surface area contributed by atoms with Gasteiger partial charge in [0.25, 0.3) is 0 Å². The van der Waals surface area contributed by atoms with Crippen molar-refractivity contribution in [2.75, 3.05) is 0 Å². The minimum absolute atomic E-state index is 0.252. The first-order valence-corrected chi connectivity index (χ1v) is 5.94. The number of hydrogen-bond acceptors (Lipinski definition) is 1. The second-order valence-corrected chi connectivity index (χ2v) is 4.51. The van der Waals surface area contributed by atoms with E-state index in [1.165, 1.54) is 12.1 Å². The van der Waals surface area contributed by atoms with Crippen molar-refractivity contribution in [3.05, 3.63) is 59.1 Å². The predicted molar refractivity (Wildman–Crippen MR) is 70.3 cm³/mol. The molecule has 0 saturated heterocycles. The van der Waals surface area contributed by atoms with E-state index in [1.807, 2.05) is 23.6 Å². The molecule has 0 saturated carbocycles. The maximum atomic E-state index is 12.9. The van der Waals surface area contributed by atoms with Crippen LogP contribution in [0.25, 0.3) is 16.9 Å². The van der Waals surface area contributed by atoms with Gasteiger partial charge in [-0.1, -0.05) is 11.6 Å². The molecule has 2 nitrogen and oxygen atoms in total. The Hall–Kier alpha value is -1.87. The summed E-state index contributed by atoms with van der Waals surface area (Å²) in [4.78, 5) is 4.52. The first-order valence-electron chi connectivity index (χ1n) is 5.56. The van der Waals surface area contributed by atoms with Crippen molar-refractivity contribution in [3.8, 4) is 11.3 Å². The van der Waals surface area contributed by atoms with E-state index < -0.39 is 0 Å². The molecule has 90 valence electrons. The third kappa shape index (κ3) is 1.68. The van der Waals surface area contributed by atoms with Gasteiger partial charge in [-0.3, -0.25) is 0 Å². The number of fused-ring (bicyclic) bond motifs is 1. The number of hydrogen-bond donors (Lipinski definition) is 0. The highest BCUT2D eigenvalue weighted by Gasteiger charge is 2.11. The van der Waals surface area contributed by atoms with Gasteiger partial charge in [0.15, 0.2) is 5.65 Å². The van der Waals surface area contributed by atoms with Crippen LogP contribution in [0.4, 0.5) is 4.39 Å². The first-order chi connectivity index (χ1) is 8.66. The Morgan fingerprint density at radius 3 is 2.56 bits per heavy atom. The summed E-state index contributed by atoms with van der Waals surface area (Å²) in [5.41, 5.74) is 3.41. The van der Waals surface area contributed by atoms with Crippen molar-refractivity contribution >= 4 is 17.2 Å². The maximum absolute atomic E-state index is 12.9. The highest BCUT2D eigenvalue weighted by molar-refractivity contribution is 6.33. The van der Waals surface area contributed by atoms with Crippen LogP contribution < -0.4 is 0 Å². The molecule has 3 aromatic rings. The lowest BCUT2D eigenvalue weighted by Gasteiger charge is -1.99. The quantitative estimate of drug-likeness (QED) is 0.644. The fraction of sp³-hybridized carbons (Fsp3) is 0.0714. The van der Waals surface area contributed by atoms with Gasteiger partial charge in [-0.2, -0.15) is 0 Å². The molecule has 3 rings (SSSR count). The van der Waals surface area contributed by atoms with Crippen molar-refractivity contribution in [2.24, 2.45) is 0 Å². The minimum Gasteiger partial charge on any atom is -0.302 e. The molecular formula is C14H10ClFN2. The van der Waals surface area contributed by atoms with Crippen molar-refractivity contribution in [1.29, 1.82) is 0 Å². The molecule has 2 aromatic heterocycles. The van der Waals surface area contributed by atoms with Gasteiger partial charge in [0.1, 0.15) is 5.82 Å². The van der Waals surface area contributed by atoms with Crippen LogP contribution in [0.1, 0.15) is 5.69 Å². The van der Waals surface area contributed by atoms with Gasteiger partial charge in [0, 0.05) is 17.5 Å². The van der Waals surface area contributed by atoms with Crippen molar-refractivity contribution < 1.29 is 4.39 Å². The molecule has 0 radical (unpaired) electrons. The van der Waals surface area contributed by atoms with Gasteiger partial charge < -0.3 is 4.40 Å². The molecule has 0 amide bonds. The topological polar surface area (TPSA) is 17.3 Å². The van der Waals surface area contributed by atoms with Gasteiger partial charge in [-0.15, -0.1) is 0 Å². The number of nitrogens with zero attached hydrogens (tertiary/aromatic N) is 2. The average molecular weight is 261 g/mol. The van der Waals surface area contributed by atoms with Crippen LogP contribution >= 0.6 is 11.6 Å². The normalized spacial score (nSPS) is 11.1. The van der Waals surface area contributed by atoms with E-state index in [0.717, 1.165) is 22.6 Å². The summed E-state index contributed by atoms with van der Waals surface area (Å²) < 4.78 is 14.9. The zero-order valence-electron chi connectivity index (χ0n) is 9.69. The second-order valence-electron chi connectivity index (χ2n) is 4.10. The number of pyridine rings is 1. The van der Waals surface area contributed by atoms with Crippen LogP contribution in [0, 0.1) is 12.7 Å². The predicted octanol–water partition coefficient (Wildman–Crippen LogP) is 4.10. The van der Waals surface area contributed by atoms with E-state index in [1.54, 1.807) is 18.2 Å². The van der Waals surface area contributed by atoms with Gasteiger partial charge in [0.05, 0.1) is 10.7 Å². The Morgan fingerprint density at radius 1 is 1.17 bits per heavy atom. The molecule has 0 aliphatic heterocycles. The van der Waals surface area contributed by atoms with E-state index in [4.69, 9.17) is 11.6 Å². The summed E-state index contributed by atoms with van der Waals surface area (Å²) in [5, 5.41) is 0.606. The van der Waals surface area contributed by atoms with E-state index in [-0.39, 0.29) is 5.82 Å². The summed E-state index contributed by atoms with van der Waals surface area (Å²) in [6, 6.07) is 9.98. The van der Waals surface area contributed by atoms with Gasteiger partial charge in [0.2, 0.25) is 0 Å². The second kappa shape index (κ2) is 4.10. The zero-order chi connectivity index (χ0) is 12.7. The largest absolute Gasteiger partial charge is 0.302 e. The number of rotatable bonds is 1. The summed E-state index contributed by atoms with van der Waals surface area (Å²) >= 11 is 6.11. The Kier molecular flexibility index (Phi) is 2.56. The Morgan fingerprint density at radius 2 is 1.89 bits per heavy atom. The number of halogens is 2. The van der Waals surface area contributed by atoms with E-state index in [0.29, 0.717) is 5.02 Å². The molecular weight excluding hydrogens is 251 g/mol. The van der Waals surface area contributed by atoms with Crippen LogP contribution in [-0.4, -0.2) is 9.38 Å². The molecule has 2 heterocycles. The van der Waals surface area contributed by atoms with E-state index in [2.05, 4.69) is 4.98 Å². The molecule has 18 heavy (non-hydrogen) atoms. The monoisotopic (exact) mass is 260 g/mol. The lowest BCUT2D eigenvalue weighted by Crippen LogP contribution is -1.87. The Balaban J connectivity index is 2.27. The minimum atomic E-state index is -0.252. The first kappa shape index (κ1) is 11.2. The van der Waals surface area contributed by atoms with Gasteiger partial charge >= 0.3 is 0 Å². The van der Waals surface area contributed by atoms with Crippen molar-refractivity contribution in [3.63, 3.8) is 0 Å². The number of aromatic nitrogens is 2.